The molecule has 1 aromatic carbocycles. The lowest BCUT2D eigenvalue weighted by atomic mass is 10.1. The van der Waals surface area contributed by atoms with Gasteiger partial charge in [0.1, 0.15) is 11.4 Å². The number of hydrogen-bond donors (Lipinski definition) is 5. The van der Waals surface area contributed by atoms with Crippen molar-refractivity contribution in [2.24, 2.45) is 0 Å². The zero-order valence-electron chi connectivity index (χ0n) is 16.2. The molecular weight excluding hydrogens is 332 g/mol. The third kappa shape index (κ3) is 11.0. The molecule has 0 saturated carbocycles. The van der Waals surface area contributed by atoms with Crippen LogP contribution >= 0.6 is 0 Å². The fourth-order valence-corrected chi connectivity index (χ4v) is 2.38. The van der Waals surface area contributed by atoms with Gasteiger partial charge in [0.05, 0.1) is 0 Å². The maximum absolute atomic E-state index is 9.60. The van der Waals surface area contributed by atoms with Gasteiger partial charge in [-0.3, -0.25) is 4.79 Å². The van der Waals surface area contributed by atoms with Crippen LogP contribution in [0.3, 0.4) is 0 Å². The molecule has 1 atom stereocenters. The monoisotopic (exact) mass is 366 g/mol. The highest BCUT2D eigenvalue weighted by molar-refractivity contribution is 5.37. The second-order valence-corrected chi connectivity index (χ2v) is 7.13. The summed E-state index contributed by atoms with van der Waals surface area (Å²) in [7, 11) is 0. The van der Waals surface area contributed by atoms with Gasteiger partial charge in [0, 0.05) is 51.9 Å². The molecule has 7 heteroatoms. The Balaban J connectivity index is 0.000000220. The Kier molecular flexibility index (Phi) is 10.9. The third-order valence-corrected chi connectivity index (χ3v) is 3.67. The number of phenols is 1. The number of piperazine rings is 2. The van der Waals surface area contributed by atoms with Crippen molar-refractivity contribution >= 4 is 6.47 Å². The van der Waals surface area contributed by atoms with Crippen molar-refractivity contribution in [3.05, 3.63) is 29.8 Å². The van der Waals surface area contributed by atoms with E-state index in [2.05, 4.69) is 26.0 Å². The molecule has 2 heterocycles. The first-order valence-corrected chi connectivity index (χ1v) is 9.18. The molecule has 1 aromatic rings. The van der Waals surface area contributed by atoms with Gasteiger partial charge in [0.25, 0.3) is 6.47 Å². The molecule has 0 aliphatic carbocycles. The van der Waals surface area contributed by atoms with Crippen molar-refractivity contribution < 1.29 is 14.6 Å². The lowest BCUT2D eigenvalue weighted by Gasteiger charge is -2.24. The molecule has 2 aliphatic rings. The summed E-state index contributed by atoms with van der Waals surface area (Å²) in [6.45, 7) is 13.4. The van der Waals surface area contributed by atoms with Crippen LogP contribution in [-0.2, 0) is 9.53 Å². The first-order chi connectivity index (χ1) is 12.4. The zero-order chi connectivity index (χ0) is 19.3. The van der Waals surface area contributed by atoms with Crippen LogP contribution in [0.15, 0.2) is 24.3 Å². The zero-order valence-corrected chi connectivity index (χ0v) is 16.2. The number of nitrogens with one attached hydrogen (secondary N) is 4. The summed E-state index contributed by atoms with van der Waals surface area (Å²) in [6.07, 6.45) is 0. The van der Waals surface area contributed by atoms with Crippen LogP contribution in [0.25, 0.3) is 0 Å². The van der Waals surface area contributed by atoms with Crippen molar-refractivity contribution in [2.75, 3.05) is 45.8 Å². The van der Waals surface area contributed by atoms with Crippen molar-refractivity contribution in [2.45, 2.75) is 32.4 Å². The van der Waals surface area contributed by atoms with E-state index in [0.717, 1.165) is 51.4 Å². The van der Waals surface area contributed by atoms with Crippen LogP contribution in [0.2, 0.25) is 0 Å². The van der Waals surface area contributed by atoms with E-state index in [1.165, 1.54) is 0 Å². The Labute approximate surface area is 156 Å². The molecule has 2 saturated heterocycles. The normalized spacial score (nSPS) is 19.9. The maximum atomic E-state index is 9.60. The van der Waals surface area contributed by atoms with Crippen LogP contribution in [0.4, 0.5) is 0 Å². The minimum atomic E-state index is -0.318. The van der Waals surface area contributed by atoms with E-state index in [1.54, 1.807) is 6.07 Å². The molecule has 0 amide bonds. The fraction of sp³-hybridized carbons (Fsp3) is 0.632. The maximum Gasteiger partial charge on any atom is 0.293 e. The molecule has 0 spiro atoms. The van der Waals surface area contributed by atoms with E-state index in [9.17, 15) is 9.90 Å². The molecule has 0 bridgehead atoms. The Bertz CT molecular complexity index is 484. The summed E-state index contributed by atoms with van der Waals surface area (Å²) in [5.74, 6) is 0.338. The highest BCUT2D eigenvalue weighted by Gasteiger charge is 2.13. The topological polar surface area (TPSA) is 94.7 Å². The molecule has 2 aliphatic heterocycles. The number of aromatic hydroxyl groups is 1. The summed E-state index contributed by atoms with van der Waals surface area (Å²) >= 11 is 0. The van der Waals surface area contributed by atoms with E-state index < -0.39 is 0 Å². The second-order valence-electron chi connectivity index (χ2n) is 7.13. The molecule has 148 valence electrons. The van der Waals surface area contributed by atoms with Crippen LogP contribution < -0.4 is 21.3 Å². The van der Waals surface area contributed by atoms with E-state index in [0.29, 0.717) is 18.3 Å². The van der Waals surface area contributed by atoms with Gasteiger partial charge < -0.3 is 31.1 Å². The van der Waals surface area contributed by atoms with E-state index >= 15 is 0 Å². The molecule has 0 radical (unpaired) electrons. The summed E-state index contributed by atoms with van der Waals surface area (Å²) in [5, 5.41) is 22.4. The number of phenolic OH excluding ortho intramolecular Hbond substituents is 1. The lowest BCUT2D eigenvalue weighted by molar-refractivity contribution is -0.138. The average molecular weight is 367 g/mol. The highest BCUT2D eigenvalue weighted by atomic mass is 16.5. The summed E-state index contributed by atoms with van der Waals surface area (Å²) in [5.41, 5.74) is 0.828. The molecule has 1 unspecified atom stereocenters. The quantitative estimate of drug-likeness (QED) is 0.493. The van der Waals surface area contributed by atoms with Crippen molar-refractivity contribution in [1.82, 2.24) is 21.3 Å². The van der Waals surface area contributed by atoms with Crippen molar-refractivity contribution in [3.8, 4) is 5.75 Å². The van der Waals surface area contributed by atoms with Gasteiger partial charge in [-0.2, -0.15) is 0 Å². The minimum Gasteiger partial charge on any atom is -0.508 e. The third-order valence-electron chi connectivity index (χ3n) is 3.67. The molecule has 5 N–H and O–H groups in total. The Morgan fingerprint density at radius 1 is 1.04 bits per heavy atom. The number of rotatable bonds is 2. The van der Waals surface area contributed by atoms with Crippen molar-refractivity contribution in [3.63, 3.8) is 0 Å². The second kappa shape index (κ2) is 12.6. The van der Waals surface area contributed by atoms with Crippen LogP contribution in [-0.4, -0.2) is 63.0 Å². The van der Waals surface area contributed by atoms with Gasteiger partial charge in [-0.1, -0.05) is 12.1 Å². The lowest BCUT2D eigenvalue weighted by Crippen LogP contribution is -2.42. The summed E-state index contributed by atoms with van der Waals surface area (Å²) < 4.78 is 4.55. The number of ether oxygens (including phenoxy) is 1. The fourth-order valence-electron chi connectivity index (χ4n) is 2.38. The van der Waals surface area contributed by atoms with Crippen LogP contribution in [0, 0.1) is 0 Å². The Morgan fingerprint density at radius 3 is 2.04 bits per heavy atom. The minimum absolute atomic E-state index is 0.318. The van der Waals surface area contributed by atoms with Gasteiger partial charge in [0.2, 0.25) is 0 Å². The molecule has 26 heavy (non-hydrogen) atoms. The molecular formula is C19H34N4O3. The SMILES string of the molecule is C1CNCCN1.CC(C)(C)OC=O.Oc1cccc(C2CNCCN2)c1. The van der Waals surface area contributed by atoms with Gasteiger partial charge in [-0.15, -0.1) is 0 Å². The standard InChI is InChI=1S/C10H14N2O.C5H10O2.C4H10N2/c13-9-3-1-2-8(6-9)10-7-11-4-5-12-10;1-5(2,3)7-4-6;1-2-6-4-3-5-1/h1-3,6,10-13H,4-5,7H2;4H,1-3H3;5-6H,1-4H2. The number of benzene rings is 1. The molecule has 2 fully saturated rings. The highest BCUT2D eigenvalue weighted by Crippen LogP contribution is 2.18. The smallest absolute Gasteiger partial charge is 0.293 e. The molecule has 0 aromatic heterocycles. The molecule has 7 nitrogen and oxygen atoms in total. The number of carbonyl (C=O) groups is 1. The van der Waals surface area contributed by atoms with Gasteiger partial charge >= 0.3 is 0 Å². The van der Waals surface area contributed by atoms with Crippen molar-refractivity contribution in [1.29, 1.82) is 0 Å². The van der Waals surface area contributed by atoms with Gasteiger partial charge in [0.15, 0.2) is 0 Å². The van der Waals surface area contributed by atoms with Gasteiger partial charge in [-0.25, -0.2) is 0 Å². The summed E-state index contributed by atoms with van der Waals surface area (Å²) in [4.78, 5) is 9.60. The van der Waals surface area contributed by atoms with E-state index in [4.69, 9.17) is 0 Å². The number of carbonyl (C=O) groups excluding carboxylic acids is 1. The number of hydrogen-bond acceptors (Lipinski definition) is 7. The predicted octanol–water partition coefficient (Wildman–Crippen LogP) is 0.763. The van der Waals surface area contributed by atoms with E-state index in [1.807, 2.05) is 39.0 Å². The van der Waals surface area contributed by atoms with E-state index in [-0.39, 0.29) is 5.60 Å². The van der Waals surface area contributed by atoms with Gasteiger partial charge in [-0.05, 0) is 38.5 Å². The largest absolute Gasteiger partial charge is 0.508 e. The van der Waals surface area contributed by atoms with Crippen LogP contribution in [0.5, 0.6) is 5.75 Å². The molecule has 3 rings (SSSR count). The Hall–Kier alpha value is -1.67. The van der Waals surface area contributed by atoms with Crippen LogP contribution in [0.1, 0.15) is 32.4 Å². The first-order valence-electron chi connectivity index (χ1n) is 9.18. The Morgan fingerprint density at radius 2 is 1.65 bits per heavy atom. The average Bonchev–Trinajstić information content (AvgIpc) is 2.64. The summed E-state index contributed by atoms with van der Waals surface area (Å²) in [6, 6.07) is 7.75. The first kappa shape index (κ1) is 22.4. The predicted molar refractivity (Wildman–Crippen MR) is 104 cm³/mol.